The Bertz CT molecular complexity index is 1270. The number of fused-ring (bicyclic) bond motifs is 1. The lowest BCUT2D eigenvalue weighted by atomic mass is 10.1. The summed E-state index contributed by atoms with van der Waals surface area (Å²) in [4.78, 5) is 17.2. The van der Waals surface area contributed by atoms with Crippen LogP contribution in [0.25, 0.3) is 11.3 Å². The van der Waals surface area contributed by atoms with Gasteiger partial charge in [-0.15, -0.1) is 11.3 Å². The van der Waals surface area contributed by atoms with Gasteiger partial charge in [0.25, 0.3) is 5.91 Å². The van der Waals surface area contributed by atoms with E-state index in [2.05, 4.69) is 10.3 Å². The summed E-state index contributed by atoms with van der Waals surface area (Å²) >= 11 is 7.49. The number of ether oxygens (including phenoxy) is 1. The van der Waals surface area contributed by atoms with E-state index in [4.69, 9.17) is 16.3 Å². The molecule has 0 saturated carbocycles. The third kappa shape index (κ3) is 4.26. The molecule has 7 nitrogen and oxygen atoms in total. The fourth-order valence-electron chi connectivity index (χ4n) is 3.71. The average molecular weight is 478 g/mol. The summed E-state index contributed by atoms with van der Waals surface area (Å²) in [5.41, 5.74) is 3.41. The number of sulfonamides is 1. The molecule has 162 valence electrons. The third-order valence-electron chi connectivity index (χ3n) is 5.02. The number of anilines is 2. The Hall–Kier alpha value is -2.62. The largest absolute Gasteiger partial charge is 0.495 e. The molecule has 1 aromatic heterocycles. The number of aromatic nitrogens is 1. The summed E-state index contributed by atoms with van der Waals surface area (Å²) in [5, 5.41) is 5.58. The lowest BCUT2D eigenvalue weighted by molar-refractivity contribution is 0.102. The van der Waals surface area contributed by atoms with E-state index in [9.17, 15) is 13.2 Å². The number of nitrogens with one attached hydrogen (secondary N) is 1. The van der Waals surface area contributed by atoms with Gasteiger partial charge in [0.15, 0.2) is 5.13 Å². The van der Waals surface area contributed by atoms with Crippen LogP contribution >= 0.6 is 22.9 Å². The SMILES string of the molecule is COc1ccc(-c2csc(NC(=O)c3ccc4c(c3)C[C@H](C)N4S(C)(=O)=O)n2)cc1Cl. The van der Waals surface area contributed by atoms with Crippen molar-refractivity contribution < 1.29 is 17.9 Å². The summed E-state index contributed by atoms with van der Waals surface area (Å²) in [7, 11) is -1.82. The van der Waals surface area contributed by atoms with Crippen molar-refractivity contribution in [2.45, 2.75) is 19.4 Å². The molecule has 0 aliphatic carbocycles. The summed E-state index contributed by atoms with van der Waals surface area (Å²) in [6.45, 7) is 1.85. The summed E-state index contributed by atoms with van der Waals surface area (Å²) in [5.74, 6) is 0.275. The van der Waals surface area contributed by atoms with Crippen molar-refractivity contribution in [2.24, 2.45) is 0 Å². The number of carbonyl (C=O) groups excluding carboxylic acids is 1. The minimum atomic E-state index is -3.37. The minimum Gasteiger partial charge on any atom is -0.495 e. The minimum absolute atomic E-state index is 0.179. The maximum absolute atomic E-state index is 12.7. The van der Waals surface area contributed by atoms with Crippen molar-refractivity contribution in [2.75, 3.05) is 23.0 Å². The third-order valence-corrected chi connectivity index (χ3v) is 7.35. The molecule has 3 aromatic rings. The molecule has 2 heterocycles. The normalized spacial score (nSPS) is 15.6. The second-order valence-corrected chi connectivity index (χ2v) is 10.4. The van der Waals surface area contributed by atoms with Crippen molar-refractivity contribution in [3.8, 4) is 17.0 Å². The van der Waals surface area contributed by atoms with E-state index in [0.717, 1.165) is 11.1 Å². The van der Waals surface area contributed by atoms with Crippen molar-refractivity contribution >= 4 is 49.7 Å². The zero-order chi connectivity index (χ0) is 22.3. The number of carbonyl (C=O) groups is 1. The van der Waals surface area contributed by atoms with E-state index in [1.54, 1.807) is 37.4 Å². The molecule has 0 spiro atoms. The topological polar surface area (TPSA) is 88.6 Å². The van der Waals surface area contributed by atoms with Crippen molar-refractivity contribution in [1.29, 1.82) is 0 Å². The van der Waals surface area contributed by atoms with Crippen LogP contribution in [0.4, 0.5) is 10.8 Å². The van der Waals surface area contributed by atoms with Gasteiger partial charge in [-0.1, -0.05) is 11.6 Å². The standard InChI is InChI=1S/C21H20ClN3O4S2/c1-12-8-15-9-14(4-6-18(15)25(12)31(3,27)28)20(26)24-21-23-17(11-30-21)13-5-7-19(29-2)16(22)10-13/h4-7,9-12H,8H2,1-3H3,(H,23,24,26)/t12-/m0/s1. The smallest absolute Gasteiger partial charge is 0.257 e. The van der Waals surface area contributed by atoms with Crippen molar-refractivity contribution in [1.82, 2.24) is 4.98 Å². The number of methoxy groups -OCH3 is 1. The Morgan fingerprint density at radius 2 is 2.06 bits per heavy atom. The van der Waals surface area contributed by atoms with E-state index in [-0.39, 0.29) is 11.9 Å². The monoisotopic (exact) mass is 477 g/mol. The lowest BCUT2D eigenvalue weighted by Crippen LogP contribution is -2.34. The molecule has 2 aromatic carbocycles. The van der Waals surface area contributed by atoms with Gasteiger partial charge in [-0.25, -0.2) is 13.4 Å². The second kappa shape index (κ2) is 8.14. The molecule has 0 unspecified atom stereocenters. The highest BCUT2D eigenvalue weighted by Gasteiger charge is 2.32. The van der Waals surface area contributed by atoms with Gasteiger partial charge >= 0.3 is 0 Å². The van der Waals surface area contributed by atoms with E-state index in [0.29, 0.717) is 39.3 Å². The number of amides is 1. The predicted molar refractivity (Wildman–Crippen MR) is 124 cm³/mol. The number of thiazole rings is 1. The fourth-order valence-corrected chi connectivity index (χ4v) is 5.94. The predicted octanol–water partition coefficient (Wildman–Crippen LogP) is 4.44. The molecule has 31 heavy (non-hydrogen) atoms. The molecule has 4 rings (SSSR count). The van der Waals surface area contributed by atoms with Crippen LogP contribution in [0.5, 0.6) is 5.75 Å². The van der Waals surface area contributed by atoms with Gasteiger partial charge in [-0.2, -0.15) is 0 Å². The van der Waals surface area contributed by atoms with Gasteiger partial charge < -0.3 is 4.74 Å². The van der Waals surface area contributed by atoms with Crippen molar-refractivity contribution in [3.63, 3.8) is 0 Å². The second-order valence-electron chi connectivity index (χ2n) is 7.30. The first-order valence-corrected chi connectivity index (χ1v) is 12.5. The molecule has 0 radical (unpaired) electrons. The number of benzene rings is 2. The van der Waals surface area contributed by atoms with Gasteiger partial charge in [-0.05, 0) is 55.3 Å². The molecule has 1 aliphatic heterocycles. The van der Waals surface area contributed by atoms with Crippen LogP contribution in [0.3, 0.4) is 0 Å². The molecule has 10 heteroatoms. The van der Waals surface area contributed by atoms with Crippen LogP contribution in [0.15, 0.2) is 41.8 Å². The van der Waals surface area contributed by atoms with Gasteiger partial charge in [-0.3, -0.25) is 14.4 Å². The zero-order valence-electron chi connectivity index (χ0n) is 17.0. The highest BCUT2D eigenvalue weighted by atomic mass is 35.5. The number of rotatable bonds is 5. The van der Waals surface area contributed by atoms with Crippen LogP contribution in [-0.4, -0.2) is 38.7 Å². The van der Waals surface area contributed by atoms with E-state index >= 15 is 0 Å². The first kappa shape index (κ1) is 21.6. The molecule has 1 atom stereocenters. The Morgan fingerprint density at radius 1 is 1.29 bits per heavy atom. The molecular weight excluding hydrogens is 458 g/mol. The number of hydrogen-bond donors (Lipinski definition) is 1. The molecule has 1 amide bonds. The molecule has 0 fully saturated rings. The molecule has 0 saturated heterocycles. The number of halogens is 1. The molecule has 0 bridgehead atoms. The van der Waals surface area contributed by atoms with E-state index in [1.165, 1.54) is 21.9 Å². The van der Waals surface area contributed by atoms with Crippen molar-refractivity contribution in [3.05, 3.63) is 57.9 Å². The summed E-state index contributed by atoms with van der Waals surface area (Å²) in [6.07, 6.45) is 1.75. The summed E-state index contributed by atoms with van der Waals surface area (Å²) in [6, 6.07) is 10.2. The van der Waals surface area contributed by atoms with E-state index in [1.807, 2.05) is 18.4 Å². The average Bonchev–Trinajstić information content (AvgIpc) is 3.30. The Balaban J connectivity index is 1.53. The maximum atomic E-state index is 12.7. The lowest BCUT2D eigenvalue weighted by Gasteiger charge is -2.21. The highest BCUT2D eigenvalue weighted by molar-refractivity contribution is 7.92. The summed E-state index contributed by atoms with van der Waals surface area (Å²) < 4.78 is 30.7. The van der Waals surface area contributed by atoms with Crippen LogP contribution in [0.1, 0.15) is 22.8 Å². The van der Waals surface area contributed by atoms with Crippen LogP contribution in [0.2, 0.25) is 5.02 Å². The van der Waals surface area contributed by atoms with Crippen LogP contribution < -0.4 is 14.4 Å². The van der Waals surface area contributed by atoms with Gasteiger partial charge in [0.2, 0.25) is 10.0 Å². The first-order chi connectivity index (χ1) is 14.7. The Labute approximate surface area is 189 Å². The number of nitrogens with zero attached hydrogens (tertiary/aromatic N) is 2. The fraction of sp³-hybridized carbons (Fsp3) is 0.238. The first-order valence-electron chi connectivity index (χ1n) is 9.40. The molecular formula is C21H20ClN3O4S2. The quantitative estimate of drug-likeness (QED) is 0.587. The van der Waals surface area contributed by atoms with E-state index < -0.39 is 10.0 Å². The molecule has 1 aliphatic rings. The van der Waals surface area contributed by atoms with Gasteiger partial charge in [0, 0.05) is 22.5 Å². The number of hydrogen-bond acceptors (Lipinski definition) is 6. The van der Waals surface area contributed by atoms with Crippen LogP contribution in [0, 0.1) is 0 Å². The maximum Gasteiger partial charge on any atom is 0.257 e. The van der Waals surface area contributed by atoms with Gasteiger partial charge in [0.05, 0.1) is 29.8 Å². The highest BCUT2D eigenvalue weighted by Crippen LogP contribution is 2.35. The zero-order valence-corrected chi connectivity index (χ0v) is 19.4. The van der Waals surface area contributed by atoms with Gasteiger partial charge in [0.1, 0.15) is 5.75 Å². The Morgan fingerprint density at radius 3 is 2.74 bits per heavy atom. The Kier molecular flexibility index (Phi) is 5.67. The molecule has 1 N–H and O–H groups in total. The van der Waals surface area contributed by atoms with Crippen LogP contribution in [-0.2, 0) is 16.4 Å².